The van der Waals surface area contributed by atoms with Crippen molar-refractivity contribution in [2.75, 3.05) is 38.3 Å². The van der Waals surface area contributed by atoms with Gasteiger partial charge in [-0.25, -0.2) is 13.4 Å². The summed E-state index contributed by atoms with van der Waals surface area (Å²) in [6.07, 6.45) is 1.13. The van der Waals surface area contributed by atoms with Gasteiger partial charge >= 0.3 is 0 Å². The van der Waals surface area contributed by atoms with Crippen molar-refractivity contribution < 1.29 is 13.2 Å². The standard InChI is InChI=1S/C20H22ClN3O3S2/c1-13-16(21)8-9-17-18(13)22-20(28-17)24(11-10-23(2)3)19(25)14-6-5-7-15(12-14)29(4,26)27/h5-9,12H,10-11H2,1-4H3. The molecule has 1 aromatic heterocycles. The third-order valence-corrected chi connectivity index (χ3v) is 7.06. The number of nitrogens with zero attached hydrogens (tertiary/aromatic N) is 3. The zero-order chi connectivity index (χ0) is 21.3. The minimum Gasteiger partial charge on any atom is -0.308 e. The van der Waals surface area contributed by atoms with Gasteiger partial charge in [0.25, 0.3) is 5.91 Å². The van der Waals surface area contributed by atoms with Crippen molar-refractivity contribution in [1.82, 2.24) is 9.88 Å². The van der Waals surface area contributed by atoms with Crippen molar-refractivity contribution in [3.8, 4) is 0 Å². The Morgan fingerprint density at radius 2 is 1.90 bits per heavy atom. The largest absolute Gasteiger partial charge is 0.308 e. The fourth-order valence-corrected chi connectivity index (χ4v) is 4.67. The molecule has 0 bridgehead atoms. The van der Waals surface area contributed by atoms with Gasteiger partial charge < -0.3 is 4.90 Å². The highest BCUT2D eigenvalue weighted by Gasteiger charge is 2.23. The van der Waals surface area contributed by atoms with Crippen molar-refractivity contribution in [1.29, 1.82) is 0 Å². The highest BCUT2D eigenvalue weighted by molar-refractivity contribution is 7.90. The Balaban J connectivity index is 2.06. The quantitative estimate of drug-likeness (QED) is 0.569. The SMILES string of the molecule is Cc1c(Cl)ccc2sc(N(CCN(C)C)C(=O)c3cccc(S(C)(=O)=O)c3)nc12. The van der Waals surface area contributed by atoms with Crippen LogP contribution in [0.25, 0.3) is 10.2 Å². The maximum Gasteiger partial charge on any atom is 0.260 e. The van der Waals surface area contributed by atoms with Crippen LogP contribution in [0.15, 0.2) is 41.3 Å². The molecule has 1 heterocycles. The van der Waals surface area contributed by atoms with E-state index in [-0.39, 0.29) is 10.8 Å². The zero-order valence-electron chi connectivity index (χ0n) is 16.6. The van der Waals surface area contributed by atoms with E-state index in [1.54, 1.807) is 17.0 Å². The van der Waals surface area contributed by atoms with E-state index in [0.29, 0.717) is 28.8 Å². The molecule has 3 rings (SSSR count). The smallest absolute Gasteiger partial charge is 0.260 e. The number of fused-ring (bicyclic) bond motifs is 1. The number of hydrogen-bond acceptors (Lipinski definition) is 6. The number of rotatable bonds is 6. The van der Waals surface area contributed by atoms with Gasteiger partial charge in [0.1, 0.15) is 0 Å². The lowest BCUT2D eigenvalue weighted by Gasteiger charge is -2.22. The predicted molar refractivity (Wildman–Crippen MR) is 119 cm³/mol. The second-order valence-electron chi connectivity index (χ2n) is 7.08. The van der Waals surface area contributed by atoms with Gasteiger partial charge in [-0.05, 0) is 56.9 Å². The Labute approximate surface area is 179 Å². The normalized spacial score (nSPS) is 11.9. The number of sulfone groups is 1. The number of benzene rings is 2. The molecule has 1 amide bonds. The highest BCUT2D eigenvalue weighted by atomic mass is 35.5. The van der Waals surface area contributed by atoms with Crippen molar-refractivity contribution in [3.05, 3.63) is 52.5 Å². The minimum atomic E-state index is -3.41. The summed E-state index contributed by atoms with van der Waals surface area (Å²) in [7, 11) is 0.439. The predicted octanol–water partition coefficient (Wildman–Crippen LogP) is 3.87. The summed E-state index contributed by atoms with van der Waals surface area (Å²) >= 11 is 7.63. The van der Waals surface area contributed by atoms with Crippen LogP contribution in [0.2, 0.25) is 5.02 Å². The molecule has 29 heavy (non-hydrogen) atoms. The topological polar surface area (TPSA) is 70.6 Å². The highest BCUT2D eigenvalue weighted by Crippen LogP contribution is 2.34. The first-order chi connectivity index (χ1) is 13.6. The Hall–Kier alpha value is -2.00. The lowest BCUT2D eigenvalue weighted by atomic mass is 10.2. The lowest BCUT2D eigenvalue weighted by Crippen LogP contribution is -2.36. The summed E-state index contributed by atoms with van der Waals surface area (Å²) in [6.45, 7) is 2.95. The fraction of sp³-hybridized carbons (Fsp3) is 0.300. The monoisotopic (exact) mass is 451 g/mol. The molecule has 9 heteroatoms. The number of carbonyl (C=O) groups excluding carboxylic acids is 1. The summed E-state index contributed by atoms with van der Waals surface area (Å²) in [5, 5.41) is 1.18. The first-order valence-electron chi connectivity index (χ1n) is 8.90. The van der Waals surface area contributed by atoms with Crippen molar-refractivity contribution in [3.63, 3.8) is 0 Å². The van der Waals surface area contributed by atoms with Gasteiger partial charge in [0.2, 0.25) is 0 Å². The molecule has 0 spiro atoms. The summed E-state index contributed by atoms with van der Waals surface area (Å²) in [4.78, 5) is 21.7. The molecular weight excluding hydrogens is 430 g/mol. The van der Waals surface area contributed by atoms with E-state index < -0.39 is 9.84 Å². The minimum absolute atomic E-state index is 0.114. The van der Waals surface area contributed by atoms with Gasteiger partial charge in [-0.1, -0.05) is 29.0 Å². The van der Waals surface area contributed by atoms with Crippen LogP contribution in [-0.4, -0.2) is 57.6 Å². The summed E-state index contributed by atoms with van der Waals surface area (Å²) in [5.41, 5.74) is 1.94. The number of likely N-dealkylation sites (N-methyl/N-ethyl adjacent to an activating group) is 1. The van der Waals surface area contributed by atoms with Crippen LogP contribution in [0.1, 0.15) is 15.9 Å². The van der Waals surface area contributed by atoms with E-state index in [4.69, 9.17) is 11.6 Å². The van der Waals surface area contributed by atoms with Crippen LogP contribution in [0, 0.1) is 6.92 Å². The number of halogens is 1. The molecule has 0 aliphatic heterocycles. The van der Waals surface area contributed by atoms with E-state index >= 15 is 0 Å². The molecule has 0 aliphatic carbocycles. The number of hydrogen-bond donors (Lipinski definition) is 0. The van der Waals surface area contributed by atoms with E-state index in [0.717, 1.165) is 22.0 Å². The van der Waals surface area contributed by atoms with E-state index in [1.807, 2.05) is 38.1 Å². The molecule has 154 valence electrons. The molecule has 0 N–H and O–H groups in total. The van der Waals surface area contributed by atoms with E-state index in [2.05, 4.69) is 4.98 Å². The van der Waals surface area contributed by atoms with Gasteiger partial charge in [0.05, 0.1) is 15.1 Å². The molecule has 2 aromatic carbocycles. The first kappa shape index (κ1) is 21.7. The summed E-state index contributed by atoms with van der Waals surface area (Å²) < 4.78 is 24.7. The molecule has 0 saturated heterocycles. The molecule has 0 saturated carbocycles. The van der Waals surface area contributed by atoms with Crippen molar-refractivity contribution in [2.45, 2.75) is 11.8 Å². The van der Waals surface area contributed by atoms with Crippen LogP contribution >= 0.6 is 22.9 Å². The van der Waals surface area contributed by atoms with Gasteiger partial charge in [-0.2, -0.15) is 0 Å². The Bertz CT molecular complexity index is 1170. The van der Waals surface area contributed by atoms with Crippen LogP contribution in [0.4, 0.5) is 5.13 Å². The van der Waals surface area contributed by atoms with Crippen molar-refractivity contribution in [2.24, 2.45) is 0 Å². The van der Waals surface area contributed by atoms with Gasteiger partial charge in [0.15, 0.2) is 15.0 Å². The van der Waals surface area contributed by atoms with Gasteiger partial charge in [0, 0.05) is 29.9 Å². The van der Waals surface area contributed by atoms with Gasteiger partial charge in [-0.15, -0.1) is 0 Å². The number of carbonyl (C=O) groups is 1. The molecular formula is C20H22ClN3O3S2. The molecule has 0 radical (unpaired) electrons. The zero-order valence-corrected chi connectivity index (χ0v) is 19.0. The van der Waals surface area contributed by atoms with Crippen LogP contribution < -0.4 is 4.90 Å². The number of thiazole rings is 1. The third kappa shape index (κ3) is 4.78. The number of aromatic nitrogens is 1. The average Bonchev–Trinajstić information content (AvgIpc) is 3.08. The number of anilines is 1. The Morgan fingerprint density at radius 1 is 1.17 bits per heavy atom. The van der Waals surface area contributed by atoms with Crippen LogP contribution in [0.3, 0.4) is 0 Å². The molecule has 0 aliphatic rings. The molecule has 6 nitrogen and oxygen atoms in total. The maximum absolute atomic E-state index is 13.3. The summed E-state index contributed by atoms with van der Waals surface area (Å²) in [5.74, 6) is -0.292. The first-order valence-corrected chi connectivity index (χ1v) is 12.0. The van der Waals surface area contributed by atoms with Crippen molar-refractivity contribution >= 4 is 54.0 Å². The van der Waals surface area contributed by atoms with Crippen LogP contribution in [-0.2, 0) is 9.84 Å². The molecule has 0 atom stereocenters. The fourth-order valence-electron chi connectivity index (χ4n) is 2.80. The molecule has 0 unspecified atom stereocenters. The van der Waals surface area contributed by atoms with Crippen LogP contribution in [0.5, 0.6) is 0 Å². The lowest BCUT2D eigenvalue weighted by molar-refractivity contribution is 0.0985. The maximum atomic E-state index is 13.3. The van der Waals surface area contributed by atoms with Gasteiger partial charge in [-0.3, -0.25) is 9.69 Å². The number of amides is 1. The second kappa shape index (κ2) is 8.39. The Kier molecular flexibility index (Phi) is 6.28. The average molecular weight is 452 g/mol. The summed E-state index contributed by atoms with van der Waals surface area (Å²) in [6, 6.07) is 9.81. The molecule has 3 aromatic rings. The number of aryl methyl sites for hydroxylation is 1. The van der Waals surface area contributed by atoms with E-state index in [1.165, 1.54) is 23.5 Å². The van der Waals surface area contributed by atoms with E-state index in [9.17, 15) is 13.2 Å². The Morgan fingerprint density at radius 3 is 2.55 bits per heavy atom. The second-order valence-corrected chi connectivity index (χ2v) is 10.5. The molecule has 0 fully saturated rings. The third-order valence-electron chi connectivity index (χ3n) is 4.49.